The minimum Gasteiger partial charge on any atom is -0.481 e. The highest BCUT2D eigenvalue weighted by Gasteiger charge is 2.27. The van der Waals surface area contributed by atoms with Gasteiger partial charge in [-0.1, -0.05) is 13.8 Å². The van der Waals surface area contributed by atoms with E-state index < -0.39 is 5.97 Å². The highest BCUT2D eigenvalue weighted by molar-refractivity contribution is 5.69. The van der Waals surface area contributed by atoms with Crippen LogP contribution in [0.5, 0.6) is 0 Å². The van der Waals surface area contributed by atoms with Gasteiger partial charge in [0.1, 0.15) is 0 Å². The highest BCUT2D eigenvalue weighted by atomic mass is 16.4. The number of carboxylic acid groups (broad SMARTS) is 1. The second-order valence-corrected chi connectivity index (χ2v) is 4.75. The highest BCUT2D eigenvalue weighted by Crippen LogP contribution is 2.22. The number of carboxylic acids is 1. The van der Waals surface area contributed by atoms with Gasteiger partial charge < -0.3 is 10.8 Å². The molecule has 1 saturated heterocycles. The molecule has 0 aromatic rings. The lowest BCUT2D eigenvalue weighted by molar-refractivity contribution is -0.142. The molecule has 1 heterocycles. The van der Waals surface area contributed by atoms with E-state index in [1.807, 2.05) is 0 Å². The second kappa shape index (κ2) is 5.47. The summed E-state index contributed by atoms with van der Waals surface area (Å²) < 4.78 is 0. The number of likely N-dealkylation sites (tertiary alicyclic amines) is 1. The molecular formula is C11H22N2O2. The summed E-state index contributed by atoms with van der Waals surface area (Å²) in [5.41, 5.74) is 5.72. The Labute approximate surface area is 91.4 Å². The van der Waals surface area contributed by atoms with Gasteiger partial charge in [-0.15, -0.1) is 0 Å². The number of hydrogen-bond acceptors (Lipinski definition) is 3. The Bertz CT molecular complexity index is 221. The van der Waals surface area contributed by atoms with Crippen molar-refractivity contribution in [3.63, 3.8) is 0 Å². The number of piperidine rings is 1. The first-order valence-electron chi connectivity index (χ1n) is 5.71. The number of hydrogen-bond donors (Lipinski definition) is 2. The smallest absolute Gasteiger partial charge is 0.307 e. The molecule has 3 N–H and O–H groups in total. The predicted octanol–water partition coefficient (Wildman–Crippen LogP) is 0.766. The summed E-state index contributed by atoms with van der Waals surface area (Å²) in [5.74, 6) is -0.299. The number of aliphatic carboxylic acids is 1. The summed E-state index contributed by atoms with van der Waals surface area (Å²) in [4.78, 5) is 13.0. The Morgan fingerprint density at radius 1 is 1.67 bits per heavy atom. The van der Waals surface area contributed by atoms with Crippen molar-refractivity contribution < 1.29 is 9.90 Å². The van der Waals surface area contributed by atoms with Crippen LogP contribution < -0.4 is 5.73 Å². The van der Waals surface area contributed by atoms with Crippen LogP contribution in [0, 0.1) is 11.8 Å². The van der Waals surface area contributed by atoms with Crippen molar-refractivity contribution in [3.8, 4) is 0 Å². The third-order valence-electron chi connectivity index (χ3n) is 3.30. The van der Waals surface area contributed by atoms with E-state index in [1.54, 1.807) is 6.92 Å². The fraction of sp³-hybridized carbons (Fsp3) is 0.909. The van der Waals surface area contributed by atoms with Crippen molar-refractivity contribution in [2.75, 3.05) is 19.6 Å². The molecule has 1 fully saturated rings. The Morgan fingerprint density at radius 3 is 2.87 bits per heavy atom. The maximum absolute atomic E-state index is 10.8. The van der Waals surface area contributed by atoms with Crippen molar-refractivity contribution in [1.29, 1.82) is 0 Å². The van der Waals surface area contributed by atoms with Gasteiger partial charge >= 0.3 is 5.97 Å². The normalized spacial score (nSPS) is 30.1. The summed E-state index contributed by atoms with van der Waals surface area (Å²) in [7, 11) is 0. The van der Waals surface area contributed by atoms with Gasteiger partial charge in [0.25, 0.3) is 0 Å². The number of rotatable bonds is 4. The van der Waals surface area contributed by atoms with E-state index in [4.69, 9.17) is 10.8 Å². The second-order valence-electron chi connectivity index (χ2n) is 4.75. The molecule has 0 amide bonds. The molecule has 1 aliphatic rings. The Balaban J connectivity index is 2.49. The van der Waals surface area contributed by atoms with E-state index in [2.05, 4.69) is 11.8 Å². The Hall–Kier alpha value is -0.610. The zero-order valence-electron chi connectivity index (χ0n) is 9.65. The molecule has 4 nitrogen and oxygen atoms in total. The first kappa shape index (κ1) is 12.5. The molecule has 0 radical (unpaired) electrons. The largest absolute Gasteiger partial charge is 0.481 e. The van der Waals surface area contributed by atoms with Crippen LogP contribution in [-0.2, 0) is 4.79 Å². The van der Waals surface area contributed by atoms with E-state index in [0.717, 1.165) is 25.3 Å². The average molecular weight is 214 g/mol. The van der Waals surface area contributed by atoms with Gasteiger partial charge in [-0.2, -0.15) is 0 Å². The van der Waals surface area contributed by atoms with Crippen LogP contribution in [0.25, 0.3) is 0 Å². The van der Waals surface area contributed by atoms with Crippen LogP contribution in [-0.4, -0.2) is 41.7 Å². The molecule has 0 bridgehead atoms. The van der Waals surface area contributed by atoms with Crippen LogP contribution >= 0.6 is 0 Å². The SMILES string of the molecule is CC1CCN(CC(C)C(=O)O)C(CN)C1. The van der Waals surface area contributed by atoms with Gasteiger partial charge in [0, 0.05) is 19.1 Å². The van der Waals surface area contributed by atoms with E-state index in [-0.39, 0.29) is 5.92 Å². The molecule has 15 heavy (non-hydrogen) atoms. The van der Waals surface area contributed by atoms with Gasteiger partial charge in [-0.25, -0.2) is 0 Å². The lowest BCUT2D eigenvalue weighted by atomic mass is 9.91. The molecule has 1 rings (SSSR count). The van der Waals surface area contributed by atoms with E-state index in [9.17, 15) is 4.79 Å². The summed E-state index contributed by atoms with van der Waals surface area (Å²) in [5, 5.41) is 8.87. The summed E-state index contributed by atoms with van der Waals surface area (Å²) in [6, 6.07) is 0.371. The molecule has 0 spiro atoms. The molecule has 0 aromatic carbocycles. The van der Waals surface area contributed by atoms with Gasteiger partial charge in [0.15, 0.2) is 0 Å². The molecule has 3 unspecified atom stereocenters. The minimum atomic E-state index is -0.718. The molecule has 3 atom stereocenters. The van der Waals surface area contributed by atoms with Crippen molar-refractivity contribution >= 4 is 5.97 Å². The van der Waals surface area contributed by atoms with E-state index in [0.29, 0.717) is 19.1 Å². The zero-order chi connectivity index (χ0) is 11.4. The van der Waals surface area contributed by atoms with Crippen LogP contribution in [0.3, 0.4) is 0 Å². The fourth-order valence-corrected chi connectivity index (χ4v) is 2.22. The Morgan fingerprint density at radius 2 is 2.33 bits per heavy atom. The lowest BCUT2D eigenvalue weighted by Gasteiger charge is -2.38. The number of nitrogens with zero attached hydrogens (tertiary/aromatic N) is 1. The van der Waals surface area contributed by atoms with Crippen molar-refractivity contribution in [2.24, 2.45) is 17.6 Å². The number of carbonyl (C=O) groups is 1. The molecular weight excluding hydrogens is 192 g/mol. The first-order valence-corrected chi connectivity index (χ1v) is 5.71. The average Bonchev–Trinajstić information content (AvgIpc) is 2.20. The first-order chi connectivity index (χ1) is 7.04. The molecule has 0 aromatic heterocycles. The summed E-state index contributed by atoms with van der Waals surface area (Å²) >= 11 is 0. The molecule has 1 aliphatic heterocycles. The van der Waals surface area contributed by atoms with Crippen molar-refractivity contribution in [3.05, 3.63) is 0 Å². The number of nitrogens with two attached hydrogens (primary N) is 1. The molecule has 88 valence electrons. The topological polar surface area (TPSA) is 66.6 Å². The summed E-state index contributed by atoms with van der Waals surface area (Å²) in [6.07, 6.45) is 2.26. The maximum atomic E-state index is 10.8. The molecule has 0 saturated carbocycles. The minimum absolute atomic E-state index is 0.299. The van der Waals surface area contributed by atoms with E-state index >= 15 is 0 Å². The van der Waals surface area contributed by atoms with Crippen LogP contribution in [0.1, 0.15) is 26.7 Å². The molecule has 4 heteroatoms. The third-order valence-corrected chi connectivity index (χ3v) is 3.30. The summed E-state index contributed by atoms with van der Waals surface area (Å²) in [6.45, 7) is 6.25. The third kappa shape index (κ3) is 3.47. The quantitative estimate of drug-likeness (QED) is 0.725. The van der Waals surface area contributed by atoms with Crippen molar-refractivity contribution in [1.82, 2.24) is 4.90 Å². The van der Waals surface area contributed by atoms with Gasteiger partial charge in [0.2, 0.25) is 0 Å². The van der Waals surface area contributed by atoms with Gasteiger partial charge in [-0.05, 0) is 25.3 Å². The van der Waals surface area contributed by atoms with Crippen LogP contribution in [0.2, 0.25) is 0 Å². The van der Waals surface area contributed by atoms with Gasteiger partial charge in [-0.3, -0.25) is 9.69 Å². The van der Waals surface area contributed by atoms with Crippen LogP contribution in [0.15, 0.2) is 0 Å². The monoisotopic (exact) mass is 214 g/mol. The maximum Gasteiger partial charge on any atom is 0.307 e. The van der Waals surface area contributed by atoms with Crippen molar-refractivity contribution in [2.45, 2.75) is 32.7 Å². The molecule has 0 aliphatic carbocycles. The fourth-order valence-electron chi connectivity index (χ4n) is 2.22. The Kier molecular flexibility index (Phi) is 4.54. The van der Waals surface area contributed by atoms with E-state index in [1.165, 1.54) is 0 Å². The van der Waals surface area contributed by atoms with Crippen LogP contribution in [0.4, 0.5) is 0 Å². The zero-order valence-corrected chi connectivity index (χ0v) is 9.65. The standard InChI is InChI=1S/C11H22N2O2/c1-8-3-4-13(10(5-8)6-12)7-9(2)11(14)15/h8-10H,3-7,12H2,1-2H3,(H,14,15). The van der Waals surface area contributed by atoms with Gasteiger partial charge in [0.05, 0.1) is 5.92 Å². The lowest BCUT2D eigenvalue weighted by Crippen LogP contribution is -2.48. The predicted molar refractivity (Wildman–Crippen MR) is 59.6 cm³/mol.